The van der Waals surface area contributed by atoms with Crippen molar-refractivity contribution >= 4 is 17.6 Å². The van der Waals surface area contributed by atoms with E-state index in [9.17, 15) is 9.18 Å². The molecule has 0 aromatic heterocycles. The van der Waals surface area contributed by atoms with Gasteiger partial charge in [-0.15, -0.1) is 0 Å². The molecule has 0 aliphatic rings. The Morgan fingerprint density at radius 3 is 2.62 bits per heavy atom. The number of anilines is 1. The molecule has 1 aromatic rings. The molecule has 0 heterocycles. The second kappa shape index (κ2) is 6.74. The van der Waals surface area contributed by atoms with Gasteiger partial charge in [-0.05, 0) is 39.0 Å². The van der Waals surface area contributed by atoms with Crippen LogP contribution in [0.3, 0.4) is 0 Å². The summed E-state index contributed by atoms with van der Waals surface area (Å²) in [6, 6.07) is 5.73. The smallest absolute Gasteiger partial charge is 0.412 e. The van der Waals surface area contributed by atoms with Gasteiger partial charge in [-0.25, -0.2) is 9.18 Å². The fourth-order valence-corrected chi connectivity index (χ4v) is 1.33. The van der Waals surface area contributed by atoms with Crippen molar-refractivity contribution in [3.05, 3.63) is 42.0 Å². The molecule has 5 N–H and O–H groups in total. The van der Waals surface area contributed by atoms with Gasteiger partial charge in [0.15, 0.2) is 0 Å². The highest BCUT2D eigenvalue weighted by Gasteiger charge is 2.17. The predicted octanol–water partition coefficient (Wildman–Crippen LogP) is 2.54. The zero-order valence-electron chi connectivity index (χ0n) is 12.2. The molecule has 0 atom stereocenters. The van der Waals surface area contributed by atoms with E-state index in [0.29, 0.717) is 5.69 Å². The summed E-state index contributed by atoms with van der Waals surface area (Å²) in [5.41, 5.74) is 5.19. The van der Waals surface area contributed by atoms with Gasteiger partial charge in [-0.3, -0.25) is 10.7 Å². The molecule has 1 amide bonds. The molecule has 0 bridgehead atoms. The first-order valence-corrected chi connectivity index (χ1v) is 6.24. The number of rotatable bonds is 4. The molecule has 0 aliphatic carbocycles. The number of hydrogen-bond acceptors (Lipinski definition) is 4. The fraction of sp³-hybridized carbons (Fsp3) is 0.286. The van der Waals surface area contributed by atoms with E-state index < -0.39 is 17.5 Å². The standard InChI is InChI=1S/C14H19FN4O2/c1-14(2,3)21-13(20)19-11(12(16)17)8-18-10-6-4-5-9(15)7-10/h4-8,18H,1-3H3,(H3,16,17)(H,19,20)/b11-8+. The third-order valence-corrected chi connectivity index (χ3v) is 2.13. The van der Waals surface area contributed by atoms with Crippen molar-refractivity contribution in [2.24, 2.45) is 5.73 Å². The minimum Gasteiger partial charge on any atom is -0.444 e. The number of carbonyl (C=O) groups is 1. The van der Waals surface area contributed by atoms with Gasteiger partial charge < -0.3 is 15.8 Å². The van der Waals surface area contributed by atoms with E-state index in [1.54, 1.807) is 26.8 Å². The maximum atomic E-state index is 13.0. The Bertz CT molecular complexity index is 564. The number of halogens is 1. The van der Waals surface area contributed by atoms with Crippen LogP contribution in [0.4, 0.5) is 14.9 Å². The first-order valence-electron chi connectivity index (χ1n) is 6.24. The first kappa shape index (κ1) is 16.5. The van der Waals surface area contributed by atoms with Crippen molar-refractivity contribution in [2.45, 2.75) is 26.4 Å². The van der Waals surface area contributed by atoms with Gasteiger partial charge in [0.25, 0.3) is 0 Å². The van der Waals surface area contributed by atoms with E-state index in [-0.39, 0.29) is 11.5 Å². The van der Waals surface area contributed by atoms with Crippen LogP contribution >= 0.6 is 0 Å². The Hall–Kier alpha value is -2.57. The van der Waals surface area contributed by atoms with Crippen molar-refractivity contribution in [3.63, 3.8) is 0 Å². The summed E-state index contributed by atoms with van der Waals surface area (Å²) in [4.78, 5) is 11.6. The molecule has 0 saturated carbocycles. The summed E-state index contributed by atoms with van der Waals surface area (Å²) >= 11 is 0. The number of amides is 1. The highest BCUT2D eigenvalue weighted by atomic mass is 19.1. The number of benzene rings is 1. The molecular formula is C14H19FN4O2. The third-order valence-electron chi connectivity index (χ3n) is 2.13. The number of carbonyl (C=O) groups excluding carboxylic acids is 1. The average Bonchev–Trinajstić information content (AvgIpc) is 2.32. The summed E-state index contributed by atoms with van der Waals surface area (Å²) in [5, 5.41) is 12.5. The Morgan fingerprint density at radius 1 is 1.43 bits per heavy atom. The molecule has 7 heteroatoms. The molecule has 0 fully saturated rings. The summed E-state index contributed by atoms with van der Waals surface area (Å²) in [6.07, 6.45) is 0.561. The van der Waals surface area contributed by atoms with Gasteiger partial charge in [-0.1, -0.05) is 6.07 Å². The van der Waals surface area contributed by atoms with Crippen molar-refractivity contribution in [1.29, 1.82) is 5.41 Å². The van der Waals surface area contributed by atoms with Crippen LogP contribution in [0.15, 0.2) is 36.2 Å². The number of alkyl carbamates (subject to hydrolysis) is 1. The number of amidine groups is 1. The molecule has 1 rings (SSSR count). The van der Waals surface area contributed by atoms with Gasteiger partial charge in [0.1, 0.15) is 23.0 Å². The summed E-state index contributed by atoms with van der Waals surface area (Å²) < 4.78 is 18.1. The van der Waals surface area contributed by atoms with Gasteiger partial charge in [-0.2, -0.15) is 0 Å². The highest BCUT2D eigenvalue weighted by Crippen LogP contribution is 2.10. The SMILES string of the molecule is CC(C)(C)OC(=O)N/C(=C/Nc1cccc(F)c1)C(=N)N. The summed E-state index contributed by atoms with van der Waals surface area (Å²) in [5.74, 6) is -0.761. The maximum absolute atomic E-state index is 13.0. The lowest BCUT2D eigenvalue weighted by Gasteiger charge is -2.20. The minimum absolute atomic E-state index is 0.0218. The normalized spacial score (nSPS) is 11.7. The van der Waals surface area contributed by atoms with Gasteiger partial charge in [0, 0.05) is 11.9 Å². The molecule has 0 radical (unpaired) electrons. The van der Waals surface area contributed by atoms with Crippen LogP contribution < -0.4 is 16.4 Å². The zero-order chi connectivity index (χ0) is 16.0. The largest absolute Gasteiger partial charge is 0.444 e. The summed E-state index contributed by atoms with van der Waals surface area (Å²) in [6.45, 7) is 5.15. The van der Waals surface area contributed by atoms with Crippen LogP contribution in [0, 0.1) is 11.2 Å². The van der Waals surface area contributed by atoms with Gasteiger partial charge in [0.2, 0.25) is 0 Å². The van der Waals surface area contributed by atoms with Gasteiger partial charge >= 0.3 is 6.09 Å². The Kier molecular flexibility index (Phi) is 5.29. The van der Waals surface area contributed by atoms with Crippen molar-refractivity contribution in [2.75, 3.05) is 5.32 Å². The summed E-state index contributed by atoms with van der Waals surface area (Å²) in [7, 11) is 0. The zero-order valence-corrected chi connectivity index (χ0v) is 12.2. The molecule has 114 valence electrons. The van der Waals surface area contributed by atoms with Crippen molar-refractivity contribution in [1.82, 2.24) is 5.32 Å². The quantitative estimate of drug-likeness (QED) is 0.506. The molecule has 0 saturated heterocycles. The number of hydrogen-bond donors (Lipinski definition) is 4. The van der Waals surface area contributed by atoms with Crippen LogP contribution in [-0.4, -0.2) is 17.5 Å². The molecule has 21 heavy (non-hydrogen) atoms. The van der Waals surface area contributed by atoms with E-state index in [0.717, 1.165) is 0 Å². The van der Waals surface area contributed by atoms with E-state index in [1.165, 1.54) is 24.4 Å². The third kappa shape index (κ3) is 6.42. The lowest BCUT2D eigenvalue weighted by molar-refractivity contribution is 0.0549. The molecule has 0 aliphatic heterocycles. The number of ether oxygens (including phenoxy) is 1. The predicted molar refractivity (Wildman–Crippen MR) is 79.4 cm³/mol. The number of nitrogens with two attached hydrogens (primary N) is 1. The molecule has 0 spiro atoms. The second-order valence-electron chi connectivity index (χ2n) is 5.25. The molecule has 0 unspecified atom stereocenters. The van der Waals surface area contributed by atoms with E-state index >= 15 is 0 Å². The molecular weight excluding hydrogens is 275 g/mol. The minimum atomic E-state index is -0.731. The number of nitrogens with one attached hydrogen (secondary N) is 3. The van der Waals surface area contributed by atoms with Crippen molar-refractivity contribution < 1.29 is 13.9 Å². The topological polar surface area (TPSA) is 100 Å². The van der Waals surface area contributed by atoms with Crippen LogP contribution in [0.1, 0.15) is 20.8 Å². The van der Waals surface area contributed by atoms with Crippen LogP contribution in [0.5, 0.6) is 0 Å². The molecule has 1 aromatic carbocycles. The van der Waals surface area contributed by atoms with Crippen LogP contribution in [0.2, 0.25) is 0 Å². The van der Waals surface area contributed by atoms with Crippen LogP contribution in [0.25, 0.3) is 0 Å². The fourth-order valence-electron chi connectivity index (χ4n) is 1.33. The van der Waals surface area contributed by atoms with Gasteiger partial charge in [0.05, 0.1) is 0 Å². The van der Waals surface area contributed by atoms with E-state index in [2.05, 4.69) is 10.6 Å². The molecule has 6 nitrogen and oxygen atoms in total. The van der Waals surface area contributed by atoms with Crippen molar-refractivity contribution in [3.8, 4) is 0 Å². The van der Waals surface area contributed by atoms with E-state index in [4.69, 9.17) is 15.9 Å². The monoisotopic (exact) mass is 294 g/mol. The first-order chi connectivity index (χ1) is 9.67. The lowest BCUT2D eigenvalue weighted by Crippen LogP contribution is -2.36. The second-order valence-corrected chi connectivity index (χ2v) is 5.25. The Labute approximate surface area is 122 Å². The lowest BCUT2D eigenvalue weighted by atomic mass is 10.2. The average molecular weight is 294 g/mol. The van der Waals surface area contributed by atoms with Crippen LogP contribution in [-0.2, 0) is 4.74 Å². The van der Waals surface area contributed by atoms with E-state index in [1.807, 2.05) is 0 Å². The Balaban J connectivity index is 2.75. The highest BCUT2D eigenvalue weighted by molar-refractivity contribution is 5.97. The maximum Gasteiger partial charge on any atom is 0.412 e. The Morgan fingerprint density at radius 2 is 2.10 bits per heavy atom.